The largest absolute Gasteiger partial charge is 0.507 e. The standard InChI is InChI=1S/C30H15IO8/c1-6-3-8(32)15-18-12(6)13-7(2)4-9(33)16-19(13)22-21(18)20-14(10(34)5-11(35)17(20)27(15)36)24-23(22)25(28(16)37)30(39)26(31)29(24)38/h3-5,34-39H,1-2H3. The van der Waals surface area contributed by atoms with Crippen LogP contribution >= 0.6 is 22.6 Å². The average Bonchev–Trinajstić information content (AvgIpc) is 2.86. The highest BCUT2D eigenvalue weighted by atomic mass is 127. The van der Waals surface area contributed by atoms with Crippen LogP contribution < -0.4 is 10.9 Å². The molecule has 0 fully saturated rings. The summed E-state index contributed by atoms with van der Waals surface area (Å²) >= 11 is 1.71. The molecule has 0 aromatic heterocycles. The summed E-state index contributed by atoms with van der Waals surface area (Å²) in [6.45, 7) is 3.48. The molecular weight excluding hydrogens is 615 g/mol. The van der Waals surface area contributed by atoms with Crippen LogP contribution in [0.2, 0.25) is 0 Å². The number of hydrogen-bond donors (Lipinski definition) is 6. The number of halogens is 1. The van der Waals surface area contributed by atoms with E-state index in [4.69, 9.17) is 0 Å². The van der Waals surface area contributed by atoms with Crippen LogP contribution in [0, 0.1) is 17.4 Å². The molecule has 190 valence electrons. The van der Waals surface area contributed by atoms with Gasteiger partial charge < -0.3 is 30.6 Å². The molecule has 8 nitrogen and oxygen atoms in total. The number of phenols is 6. The number of benzene rings is 8. The van der Waals surface area contributed by atoms with E-state index >= 15 is 0 Å². The van der Waals surface area contributed by atoms with Crippen molar-refractivity contribution in [1.82, 2.24) is 0 Å². The first-order valence-corrected chi connectivity index (χ1v) is 13.0. The molecular formula is C30H15IO8. The summed E-state index contributed by atoms with van der Waals surface area (Å²) in [6.07, 6.45) is 0. The monoisotopic (exact) mass is 630 g/mol. The van der Waals surface area contributed by atoms with E-state index in [1.54, 1.807) is 36.4 Å². The molecule has 0 saturated heterocycles. The van der Waals surface area contributed by atoms with Gasteiger partial charge >= 0.3 is 0 Å². The van der Waals surface area contributed by atoms with Gasteiger partial charge in [0.1, 0.15) is 34.5 Å². The van der Waals surface area contributed by atoms with E-state index in [0.29, 0.717) is 43.4 Å². The fraction of sp³-hybridized carbons (Fsp3) is 0.0667. The molecule has 0 atom stereocenters. The van der Waals surface area contributed by atoms with E-state index in [0.717, 1.165) is 6.07 Å². The van der Waals surface area contributed by atoms with Crippen LogP contribution in [-0.4, -0.2) is 30.6 Å². The van der Waals surface area contributed by atoms with Crippen LogP contribution in [0.15, 0.2) is 27.8 Å². The summed E-state index contributed by atoms with van der Waals surface area (Å²) in [5, 5.41) is 70.5. The van der Waals surface area contributed by atoms with Crippen LogP contribution in [-0.2, 0) is 0 Å². The third-order valence-corrected chi connectivity index (χ3v) is 9.37. The van der Waals surface area contributed by atoms with Gasteiger partial charge in [-0.05, 0) is 70.5 Å². The molecule has 0 amide bonds. The van der Waals surface area contributed by atoms with Gasteiger partial charge in [0.15, 0.2) is 10.9 Å². The van der Waals surface area contributed by atoms with Crippen molar-refractivity contribution >= 4 is 98.0 Å². The van der Waals surface area contributed by atoms with Crippen LogP contribution in [0.1, 0.15) is 11.1 Å². The molecule has 39 heavy (non-hydrogen) atoms. The lowest BCUT2D eigenvalue weighted by Crippen LogP contribution is -2.08. The van der Waals surface area contributed by atoms with E-state index in [-0.39, 0.29) is 52.4 Å². The highest BCUT2D eigenvalue weighted by molar-refractivity contribution is 14.1. The van der Waals surface area contributed by atoms with Gasteiger partial charge in [0.05, 0.1) is 25.1 Å². The first kappa shape index (κ1) is 22.5. The Hall–Kier alpha value is -4.51. The Kier molecular flexibility index (Phi) is 3.77. The molecule has 0 saturated carbocycles. The zero-order chi connectivity index (χ0) is 27.6. The number of phenolic OH excluding ortho intramolecular Hbond substituents is 6. The average molecular weight is 630 g/mol. The first-order valence-electron chi connectivity index (χ1n) is 11.9. The molecule has 0 heterocycles. The molecule has 0 aliphatic heterocycles. The Balaban J connectivity index is 2.04. The van der Waals surface area contributed by atoms with Gasteiger partial charge in [-0.2, -0.15) is 0 Å². The number of aromatic hydroxyl groups is 6. The second-order valence-electron chi connectivity index (χ2n) is 10.3. The first-order chi connectivity index (χ1) is 18.5. The predicted octanol–water partition coefficient (Wildman–Crippen LogP) is 5.69. The lowest BCUT2D eigenvalue weighted by Gasteiger charge is -2.26. The summed E-state index contributed by atoms with van der Waals surface area (Å²) in [5.74, 6) is -2.69. The Morgan fingerprint density at radius 2 is 0.821 bits per heavy atom. The number of aryl methyl sites for hydroxylation is 2. The summed E-state index contributed by atoms with van der Waals surface area (Å²) in [6, 6.07) is 3.78. The minimum absolute atomic E-state index is 0.0278. The van der Waals surface area contributed by atoms with Crippen molar-refractivity contribution in [3.8, 4) is 34.5 Å². The molecule has 0 bridgehead atoms. The van der Waals surface area contributed by atoms with E-state index in [1.807, 2.05) is 0 Å². The quantitative estimate of drug-likeness (QED) is 0.0710. The van der Waals surface area contributed by atoms with Gasteiger partial charge in [0.25, 0.3) is 0 Å². The van der Waals surface area contributed by atoms with Crippen molar-refractivity contribution in [3.05, 3.63) is 53.3 Å². The number of hydrogen-bond acceptors (Lipinski definition) is 8. The highest BCUT2D eigenvalue weighted by Gasteiger charge is 2.34. The second kappa shape index (κ2) is 6.55. The molecule has 8 rings (SSSR count). The van der Waals surface area contributed by atoms with E-state index in [9.17, 15) is 40.2 Å². The maximum atomic E-state index is 13.4. The van der Waals surface area contributed by atoms with Crippen molar-refractivity contribution in [2.75, 3.05) is 0 Å². The normalized spacial score (nSPS) is 12.8. The third-order valence-electron chi connectivity index (χ3n) is 8.35. The zero-order valence-corrected chi connectivity index (χ0v) is 22.3. The molecule has 6 N–H and O–H groups in total. The highest BCUT2D eigenvalue weighted by Crippen LogP contribution is 2.60. The minimum Gasteiger partial charge on any atom is -0.507 e. The van der Waals surface area contributed by atoms with Gasteiger partial charge in [-0.15, -0.1) is 0 Å². The van der Waals surface area contributed by atoms with Crippen LogP contribution in [0.25, 0.3) is 75.4 Å². The fourth-order valence-corrected chi connectivity index (χ4v) is 7.54. The van der Waals surface area contributed by atoms with Gasteiger partial charge in [-0.3, -0.25) is 9.59 Å². The maximum absolute atomic E-state index is 13.4. The second-order valence-corrected chi connectivity index (χ2v) is 11.3. The van der Waals surface area contributed by atoms with E-state index < -0.39 is 39.6 Å². The van der Waals surface area contributed by atoms with Crippen molar-refractivity contribution in [3.63, 3.8) is 0 Å². The van der Waals surface area contributed by atoms with Gasteiger partial charge in [0.2, 0.25) is 0 Å². The molecule has 8 aromatic carbocycles. The van der Waals surface area contributed by atoms with Gasteiger partial charge in [0, 0.05) is 49.2 Å². The van der Waals surface area contributed by atoms with Crippen molar-refractivity contribution in [1.29, 1.82) is 0 Å². The lowest BCUT2D eigenvalue weighted by molar-refractivity contribution is 0.446. The third kappa shape index (κ3) is 2.18. The van der Waals surface area contributed by atoms with Gasteiger partial charge in [-0.1, -0.05) is 0 Å². The SMILES string of the molecule is Cc1cc(=O)c2c(O)c3c(O)cc(O)c4c5c(O)c(I)c(O)c6c(O)c7c(=O)cc(C)c8c1c2c(c34)c(c65)c78. The summed E-state index contributed by atoms with van der Waals surface area (Å²) in [7, 11) is 0. The van der Waals surface area contributed by atoms with Crippen LogP contribution in [0.3, 0.4) is 0 Å². The summed E-state index contributed by atoms with van der Waals surface area (Å²) in [4.78, 5) is 26.8. The molecule has 0 aliphatic rings. The van der Waals surface area contributed by atoms with E-state index in [2.05, 4.69) is 0 Å². The Morgan fingerprint density at radius 3 is 1.36 bits per heavy atom. The summed E-state index contributed by atoms with van der Waals surface area (Å²) in [5.41, 5.74) is 0.174. The topological polar surface area (TPSA) is 156 Å². The van der Waals surface area contributed by atoms with Gasteiger partial charge in [-0.25, -0.2) is 0 Å². The van der Waals surface area contributed by atoms with Crippen molar-refractivity contribution < 1.29 is 30.6 Å². The molecule has 8 aromatic rings. The zero-order valence-electron chi connectivity index (χ0n) is 20.1. The number of rotatable bonds is 0. The molecule has 0 spiro atoms. The molecule has 0 aliphatic carbocycles. The predicted molar refractivity (Wildman–Crippen MR) is 158 cm³/mol. The summed E-state index contributed by atoms with van der Waals surface area (Å²) < 4.78 is -0.0278. The number of fused-ring (bicyclic) bond motifs is 2. The lowest BCUT2D eigenvalue weighted by atomic mass is 9.78. The minimum atomic E-state index is -0.483. The Labute approximate surface area is 229 Å². The smallest absolute Gasteiger partial charge is 0.190 e. The molecule has 0 unspecified atom stereocenters. The van der Waals surface area contributed by atoms with Crippen molar-refractivity contribution in [2.45, 2.75) is 13.8 Å². The van der Waals surface area contributed by atoms with Crippen molar-refractivity contribution in [2.24, 2.45) is 0 Å². The van der Waals surface area contributed by atoms with E-state index in [1.165, 1.54) is 12.1 Å². The van der Waals surface area contributed by atoms with Crippen LogP contribution in [0.4, 0.5) is 0 Å². The Morgan fingerprint density at radius 1 is 0.436 bits per heavy atom. The maximum Gasteiger partial charge on any atom is 0.190 e. The molecule has 0 radical (unpaired) electrons. The van der Waals surface area contributed by atoms with Crippen LogP contribution in [0.5, 0.6) is 34.5 Å². The fourth-order valence-electron chi connectivity index (χ4n) is 7.00. The Bertz CT molecular complexity index is 2570. The molecule has 9 heteroatoms.